The predicted molar refractivity (Wildman–Crippen MR) is 67.1 cm³/mol. The van der Waals surface area contributed by atoms with E-state index in [-0.39, 0.29) is 5.75 Å². The molecule has 0 fully saturated rings. The highest BCUT2D eigenvalue weighted by Crippen LogP contribution is 2.27. The van der Waals surface area contributed by atoms with Gasteiger partial charge in [-0.1, -0.05) is 11.6 Å². The number of halogens is 1. The van der Waals surface area contributed by atoms with Crippen LogP contribution in [0.15, 0.2) is 23.1 Å². The standard InChI is InChI=1S/C10H11ClN2O3S/c1-16-10(15)13-9(14)5-17-8-3-2-6(11)4-7(8)12/h2-4H,5,12H2,1H3,(H,13,14,15). The molecule has 0 spiro atoms. The summed E-state index contributed by atoms with van der Waals surface area (Å²) >= 11 is 6.95. The van der Waals surface area contributed by atoms with Gasteiger partial charge in [0.25, 0.3) is 0 Å². The summed E-state index contributed by atoms with van der Waals surface area (Å²) < 4.78 is 4.29. The molecule has 92 valence electrons. The average molecular weight is 275 g/mol. The number of hydrogen-bond acceptors (Lipinski definition) is 5. The molecular weight excluding hydrogens is 264 g/mol. The van der Waals surface area contributed by atoms with Gasteiger partial charge in [0.15, 0.2) is 0 Å². The molecule has 0 atom stereocenters. The molecule has 0 unspecified atom stereocenters. The molecule has 0 radical (unpaired) electrons. The zero-order valence-corrected chi connectivity index (χ0v) is 10.6. The molecule has 0 aliphatic rings. The SMILES string of the molecule is COC(=O)NC(=O)CSc1ccc(Cl)cc1N. The van der Waals surface area contributed by atoms with E-state index in [1.807, 2.05) is 5.32 Å². The van der Waals surface area contributed by atoms with Gasteiger partial charge in [0, 0.05) is 15.6 Å². The molecule has 0 aromatic heterocycles. The second kappa shape index (κ2) is 6.36. The molecule has 17 heavy (non-hydrogen) atoms. The Hall–Kier alpha value is -1.40. The van der Waals surface area contributed by atoms with Gasteiger partial charge in [-0.05, 0) is 18.2 Å². The summed E-state index contributed by atoms with van der Waals surface area (Å²) in [4.78, 5) is 22.7. The monoisotopic (exact) mass is 274 g/mol. The quantitative estimate of drug-likeness (QED) is 0.650. The first-order valence-electron chi connectivity index (χ1n) is 4.58. The van der Waals surface area contributed by atoms with Crippen molar-refractivity contribution in [3.05, 3.63) is 23.2 Å². The average Bonchev–Trinajstić information content (AvgIpc) is 2.27. The van der Waals surface area contributed by atoms with E-state index in [1.165, 1.54) is 18.9 Å². The number of alkyl carbamates (subject to hydrolysis) is 1. The number of rotatable bonds is 3. The minimum absolute atomic E-state index is 0.0704. The summed E-state index contributed by atoms with van der Waals surface area (Å²) in [6.45, 7) is 0. The van der Waals surface area contributed by atoms with Crippen molar-refractivity contribution in [2.45, 2.75) is 4.90 Å². The molecule has 0 saturated heterocycles. The smallest absolute Gasteiger partial charge is 0.413 e. The highest BCUT2D eigenvalue weighted by atomic mass is 35.5. The fourth-order valence-corrected chi connectivity index (χ4v) is 1.92. The topological polar surface area (TPSA) is 81.4 Å². The second-order valence-corrected chi connectivity index (χ2v) is 4.46. The number of hydrogen-bond donors (Lipinski definition) is 2. The Morgan fingerprint density at radius 2 is 2.24 bits per heavy atom. The van der Waals surface area contributed by atoms with E-state index in [2.05, 4.69) is 4.74 Å². The number of thioether (sulfide) groups is 1. The normalized spacial score (nSPS) is 9.76. The van der Waals surface area contributed by atoms with Gasteiger partial charge in [0.1, 0.15) is 0 Å². The molecule has 5 nitrogen and oxygen atoms in total. The third kappa shape index (κ3) is 4.54. The van der Waals surface area contributed by atoms with Crippen LogP contribution in [0.1, 0.15) is 0 Å². The Balaban J connectivity index is 2.50. The van der Waals surface area contributed by atoms with Crippen LogP contribution in [-0.4, -0.2) is 24.9 Å². The maximum atomic E-state index is 11.3. The number of nitrogens with two attached hydrogens (primary N) is 1. The Kier molecular flexibility index (Phi) is 5.11. The lowest BCUT2D eigenvalue weighted by Gasteiger charge is -2.05. The lowest BCUT2D eigenvalue weighted by atomic mass is 10.3. The van der Waals surface area contributed by atoms with E-state index < -0.39 is 12.0 Å². The number of nitrogens with one attached hydrogen (secondary N) is 1. The van der Waals surface area contributed by atoms with Gasteiger partial charge in [-0.3, -0.25) is 10.1 Å². The minimum atomic E-state index is -0.778. The van der Waals surface area contributed by atoms with Crippen molar-refractivity contribution in [2.75, 3.05) is 18.6 Å². The number of imide groups is 1. The Morgan fingerprint density at radius 1 is 1.53 bits per heavy atom. The number of carbonyl (C=O) groups is 2. The number of anilines is 1. The third-order valence-electron chi connectivity index (χ3n) is 1.76. The van der Waals surface area contributed by atoms with Gasteiger partial charge in [-0.25, -0.2) is 4.79 Å². The van der Waals surface area contributed by atoms with Crippen molar-refractivity contribution in [3.63, 3.8) is 0 Å². The highest BCUT2D eigenvalue weighted by molar-refractivity contribution is 8.00. The number of carbonyl (C=O) groups excluding carboxylic acids is 2. The van der Waals surface area contributed by atoms with E-state index in [9.17, 15) is 9.59 Å². The molecule has 0 heterocycles. The molecule has 1 rings (SSSR count). The lowest BCUT2D eigenvalue weighted by Crippen LogP contribution is -2.31. The van der Waals surface area contributed by atoms with E-state index in [0.29, 0.717) is 10.7 Å². The Morgan fingerprint density at radius 3 is 2.82 bits per heavy atom. The van der Waals surface area contributed by atoms with Crippen molar-refractivity contribution in [1.82, 2.24) is 5.32 Å². The summed E-state index contributed by atoms with van der Waals surface area (Å²) in [5.41, 5.74) is 6.20. The molecule has 0 aliphatic heterocycles. The van der Waals surface area contributed by atoms with Gasteiger partial charge in [0.2, 0.25) is 5.91 Å². The molecular formula is C10H11ClN2O3S. The Bertz CT molecular complexity index is 440. The molecule has 0 bridgehead atoms. The first-order valence-corrected chi connectivity index (χ1v) is 5.95. The zero-order valence-electron chi connectivity index (χ0n) is 9.03. The van der Waals surface area contributed by atoms with Crippen molar-refractivity contribution in [1.29, 1.82) is 0 Å². The van der Waals surface area contributed by atoms with Crippen LogP contribution in [0.5, 0.6) is 0 Å². The van der Waals surface area contributed by atoms with E-state index in [4.69, 9.17) is 17.3 Å². The fraction of sp³-hybridized carbons (Fsp3) is 0.200. The number of nitrogen functional groups attached to an aromatic ring is 1. The summed E-state index contributed by atoms with van der Waals surface area (Å²) in [5, 5.41) is 2.58. The number of amides is 2. The summed E-state index contributed by atoms with van der Waals surface area (Å²) in [5.74, 6) is -0.378. The summed E-state index contributed by atoms with van der Waals surface area (Å²) in [6.07, 6.45) is -0.778. The molecule has 7 heteroatoms. The van der Waals surface area contributed by atoms with E-state index in [0.717, 1.165) is 4.90 Å². The Labute approximate surface area is 108 Å². The first-order chi connectivity index (χ1) is 8.02. The molecule has 1 aromatic rings. The van der Waals surface area contributed by atoms with Crippen molar-refractivity contribution < 1.29 is 14.3 Å². The molecule has 1 aromatic carbocycles. The molecule has 3 N–H and O–H groups in total. The molecule has 2 amide bonds. The van der Waals surface area contributed by atoms with Gasteiger partial charge in [0.05, 0.1) is 12.9 Å². The minimum Gasteiger partial charge on any atom is -0.453 e. The van der Waals surface area contributed by atoms with Gasteiger partial charge in [-0.2, -0.15) is 0 Å². The number of ether oxygens (including phenoxy) is 1. The van der Waals surface area contributed by atoms with Crippen LogP contribution >= 0.6 is 23.4 Å². The second-order valence-electron chi connectivity index (χ2n) is 3.01. The number of benzene rings is 1. The van der Waals surface area contributed by atoms with Crippen molar-refractivity contribution >= 4 is 41.1 Å². The summed E-state index contributed by atoms with van der Waals surface area (Å²) in [7, 11) is 1.19. The largest absolute Gasteiger partial charge is 0.453 e. The van der Waals surface area contributed by atoms with Crippen LogP contribution in [0.25, 0.3) is 0 Å². The van der Waals surface area contributed by atoms with E-state index in [1.54, 1.807) is 18.2 Å². The van der Waals surface area contributed by atoms with Gasteiger partial charge >= 0.3 is 6.09 Å². The van der Waals surface area contributed by atoms with Crippen LogP contribution in [-0.2, 0) is 9.53 Å². The maximum absolute atomic E-state index is 11.3. The van der Waals surface area contributed by atoms with Crippen LogP contribution in [0.3, 0.4) is 0 Å². The number of methoxy groups -OCH3 is 1. The first kappa shape index (κ1) is 13.7. The fourth-order valence-electron chi connectivity index (χ4n) is 0.995. The van der Waals surface area contributed by atoms with Crippen molar-refractivity contribution in [2.24, 2.45) is 0 Å². The zero-order chi connectivity index (χ0) is 12.8. The molecule has 0 saturated carbocycles. The molecule has 0 aliphatic carbocycles. The summed E-state index contributed by atoms with van der Waals surface area (Å²) in [6, 6.07) is 4.99. The van der Waals surface area contributed by atoms with Crippen LogP contribution in [0, 0.1) is 0 Å². The van der Waals surface area contributed by atoms with Crippen molar-refractivity contribution in [3.8, 4) is 0 Å². The van der Waals surface area contributed by atoms with Gasteiger partial charge < -0.3 is 10.5 Å². The lowest BCUT2D eigenvalue weighted by molar-refractivity contribution is -0.117. The van der Waals surface area contributed by atoms with Crippen LogP contribution in [0.4, 0.5) is 10.5 Å². The third-order valence-corrected chi connectivity index (χ3v) is 3.08. The maximum Gasteiger partial charge on any atom is 0.413 e. The van der Waals surface area contributed by atoms with E-state index >= 15 is 0 Å². The predicted octanol–water partition coefficient (Wildman–Crippen LogP) is 1.90. The van der Waals surface area contributed by atoms with Gasteiger partial charge in [-0.15, -0.1) is 11.8 Å². The highest BCUT2D eigenvalue weighted by Gasteiger charge is 2.09. The van der Waals surface area contributed by atoms with Crippen LogP contribution < -0.4 is 11.1 Å². The van der Waals surface area contributed by atoms with Crippen LogP contribution in [0.2, 0.25) is 5.02 Å².